The van der Waals surface area contributed by atoms with Crippen molar-refractivity contribution in [3.63, 3.8) is 0 Å². The van der Waals surface area contributed by atoms with E-state index >= 15 is 0 Å². The van der Waals surface area contributed by atoms with Crippen LogP contribution in [0.3, 0.4) is 0 Å². The lowest BCUT2D eigenvalue weighted by Gasteiger charge is -2.28. The van der Waals surface area contributed by atoms with Gasteiger partial charge in [-0.1, -0.05) is 0 Å². The van der Waals surface area contributed by atoms with E-state index in [9.17, 15) is 0 Å². The van der Waals surface area contributed by atoms with Crippen LogP contribution in [-0.2, 0) is 13.3 Å². The van der Waals surface area contributed by atoms with E-state index in [2.05, 4.69) is 0 Å². The van der Waals surface area contributed by atoms with Crippen LogP contribution in [0.1, 0.15) is 27.2 Å². The molecule has 0 aromatic carbocycles. The molecule has 5 N–H and O–H groups in total. The molecule has 0 fully saturated rings. The summed E-state index contributed by atoms with van der Waals surface area (Å²) in [5, 5.41) is 0. The van der Waals surface area contributed by atoms with Crippen LogP contribution in [0.2, 0.25) is 6.04 Å². The highest BCUT2D eigenvalue weighted by molar-refractivity contribution is 6.60. The van der Waals surface area contributed by atoms with Crippen molar-refractivity contribution in [2.75, 3.05) is 26.4 Å². The van der Waals surface area contributed by atoms with Gasteiger partial charge in [-0.25, -0.2) is 0 Å². The maximum absolute atomic E-state index is 5.65. The summed E-state index contributed by atoms with van der Waals surface area (Å²) in [5.74, 6) is 0. The zero-order valence-electron chi connectivity index (χ0n) is 10.7. The van der Waals surface area contributed by atoms with Gasteiger partial charge in [-0.05, 0) is 33.7 Å². The molecule has 0 spiro atoms. The minimum absolute atomic E-state index is 0. The number of nitrogens with two attached hydrogens (primary N) is 1. The molecule has 0 bridgehead atoms. The lowest BCUT2D eigenvalue weighted by atomic mass is 10.5. The standard InChI is InChI=1S/C9H23NO3Si.ClH.H3N/c1-4-11-14(12-5-2,13-6-3)9-7-8-10;;/h4-10H2,1-3H3;1H;1H3. The first-order valence-corrected chi connectivity index (χ1v) is 7.29. The van der Waals surface area contributed by atoms with Crippen LogP contribution < -0.4 is 11.9 Å². The van der Waals surface area contributed by atoms with Gasteiger partial charge >= 0.3 is 8.80 Å². The van der Waals surface area contributed by atoms with Gasteiger partial charge in [0.15, 0.2) is 0 Å². The monoisotopic (exact) mass is 274 g/mol. The Morgan fingerprint density at radius 3 is 1.56 bits per heavy atom. The number of halogens is 1. The van der Waals surface area contributed by atoms with Gasteiger partial charge in [-0.2, -0.15) is 0 Å². The van der Waals surface area contributed by atoms with Crippen molar-refractivity contribution in [1.82, 2.24) is 6.15 Å². The summed E-state index contributed by atoms with van der Waals surface area (Å²) in [5.41, 5.74) is 5.48. The number of hydrogen-bond donors (Lipinski definition) is 2. The molecule has 0 unspecified atom stereocenters. The Bertz CT molecular complexity index is 127. The van der Waals surface area contributed by atoms with Crippen LogP contribution in [0.5, 0.6) is 0 Å². The molecule has 0 heterocycles. The van der Waals surface area contributed by atoms with E-state index in [0.717, 1.165) is 12.5 Å². The molecule has 0 amide bonds. The first-order valence-electron chi connectivity index (χ1n) is 5.36. The summed E-state index contributed by atoms with van der Waals surface area (Å²) in [4.78, 5) is 0. The average molecular weight is 275 g/mol. The summed E-state index contributed by atoms with van der Waals surface area (Å²) in [6, 6.07) is 0.818. The van der Waals surface area contributed by atoms with E-state index in [-0.39, 0.29) is 18.6 Å². The highest BCUT2D eigenvalue weighted by Gasteiger charge is 2.39. The second-order valence-electron chi connectivity index (χ2n) is 2.87. The first kappa shape index (κ1) is 21.6. The zero-order valence-corrected chi connectivity index (χ0v) is 12.5. The Morgan fingerprint density at radius 2 is 1.31 bits per heavy atom. The van der Waals surface area contributed by atoms with Crippen molar-refractivity contribution in [2.45, 2.75) is 33.2 Å². The average Bonchev–Trinajstić information content (AvgIpc) is 2.16. The molecule has 102 valence electrons. The highest BCUT2D eigenvalue weighted by atomic mass is 35.5. The predicted molar refractivity (Wildman–Crippen MR) is 71.4 cm³/mol. The van der Waals surface area contributed by atoms with Gasteiger partial charge in [-0.15, -0.1) is 12.4 Å². The van der Waals surface area contributed by atoms with Crippen molar-refractivity contribution >= 4 is 21.2 Å². The van der Waals surface area contributed by atoms with Gasteiger partial charge < -0.3 is 25.2 Å². The third-order valence-electron chi connectivity index (χ3n) is 1.78. The summed E-state index contributed by atoms with van der Waals surface area (Å²) in [6.45, 7) is 8.44. The second kappa shape index (κ2) is 13.4. The molecule has 5 nitrogen and oxygen atoms in total. The SMILES string of the molecule is CCO[Si](CCCN)(OCC)OCC.Cl.N. The number of rotatable bonds is 9. The van der Waals surface area contributed by atoms with E-state index in [1.807, 2.05) is 20.8 Å². The lowest BCUT2D eigenvalue weighted by molar-refractivity contribution is 0.0710. The van der Waals surface area contributed by atoms with E-state index in [1.165, 1.54) is 0 Å². The molecule has 0 rings (SSSR count). The van der Waals surface area contributed by atoms with Gasteiger partial charge in [0.1, 0.15) is 0 Å². The predicted octanol–water partition coefficient (Wildman–Crippen LogP) is 1.97. The first-order chi connectivity index (χ1) is 6.74. The molecule has 0 saturated heterocycles. The quantitative estimate of drug-likeness (QED) is 0.628. The minimum atomic E-state index is -2.40. The van der Waals surface area contributed by atoms with Gasteiger partial charge in [0.2, 0.25) is 0 Å². The van der Waals surface area contributed by atoms with E-state index in [1.54, 1.807) is 0 Å². The van der Waals surface area contributed by atoms with Crippen LogP contribution in [-0.4, -0.2) is 35.2 Å². The smallest absolute Gasteiger partial charge is 0.374 e. The maximum atomic E-state index is 5.65. The van der Waals surface area contributed by atoms with Crippen molar-refractivity contribution < 1.29 is 13.3 Å². The largest absolute Gasteiger partial charge is 0.500 e. The molecule has 0 saturated carbocycles. The minimum Gasteiger partial charge on any atom is -0.374 e. The Balaban J connectivity index is -0.000000845. The fourth-order valence-electron chi connectivity index (χ4n) is 1.32. The van der Waals surface area contributed by atoms with Crippen molar-refractivity contribution in [3.8, 4) is 0 Å². The fourth-order valence-corrected chi connectivity index (χ4v) is 3.96. The van der Waals surface area contributed by atoms with Crippen molar-refractivity contribution in [2.24, 2.45) is 5.73 Å². The van der Waals surface area contributed by atoms with E-state index in [0.29, 0.717) is 26.4 Å². The Morgan fingerprint density at radius 1 is 0.938 bits per heavy atom. The Hall–Kier alpha value is 0.307. The van der Waals surface area contributed by atoms with E-state index in [4.69, 9.17) is 19.0 Å². The van der Waals surface area contributed by atoms with Gasteiger partial charge in [0.25, 0.3) is 0 Å². The van der Waals surface area contributed by atoms with Crippen LogP contribution >= 0.6 is 12.4 Å². The summed E-state index contributed by atoms with van der Waals surface area (Å²) < 4.78 is 17.0. The molecule has 0 atom stereocenters. The second-order valence-corrected chi connectivity index (χ2v) is 5.61. The third-order valence-corrected chi connectivity index (χ3v) is 4.93. The molecule has 0 aromatic heterocycles. The molecular weight excluding hydrogens is 248 g/mol. The molecule has 0 aromatic rings. The maximum Gasteiger partial charge on any atom is 0.500 e. The van der Waals surface area contributed by atoms with Crippen LogP contribution in [0.15, 0.2) is 0 Å². The lowest BCUT2D eigenvalue weighted by Crippen LogP contribution is -2.46. The van der Waals surface area contributed by atoms with Gasteiger partial charge in [0, 0.05) is 25.9 Å². The molecule has 7 heteroatoms. The number of hydrogen-bond acceptors (Lipinski definition) is 5. The van der Waals surface area contributed by atoms with Crippen LogP contribution in [0.4, 0.5) is 0 Å². The summed E-state index contributed by atoms with van der Waals surface area (Å²) >= 11 is 0. The zero-order chi connectivity index (χ0) is 10.9. The fraction of sp³-hybridized carbons (Fsp3) is 1.00. The molecule has 16 heavy (non-hydrogen) atoms. The molecule has 0 radical (unpaired) electrons. The molecule has 0 aliphatic rings. The highest BCUT2D eigenvalue weighted by Crippen LogP contribution is 2.17. The van der Waals surface area contributed by atoms with Crippen LogP contribution in [0.25, 0.3) is 0 Å². The van der Waals surface area contributed by atoms with Gasteiger partial charge in [-0.3, -0.25) is 0 Å². The summed E-state index contributed by atoms with van der Waals surface area (Å²) in [6.07, 6.45) is 0.895. The Labute approximate surface area is 106 Å². The summed E-state index contributed by atoms with van der Waals surface area (Å²) in [7, 11) is -2.40. The van der Waals surface area contributed by atoms with Gasteiger partial charge in [0.05, 0.1) is 0 Å². The molecular formula is C9H27ClN2O3Si. The van der Waals surface area contributed by atoms with Crippen molar-refractivity contribution in [3.05, 3.63) is 0 Å². The van der Waals surface area contributed by atoms with Crippen LogP contribution in [0, 0.1) is 0 Å². The van der Waals surface area contributed by atoms with Crippen molar-refractivity contribution in [1.29, 1.82) is 0 Å². The molecule has 0 aliphatic heterocycles. The normalized spacial score (nSPS) is 10.5. The topological polar surface area (TPSA) is 88.7 Å². The van der Waals surface area contributed by atoms with E-state index < -0.39 is 8.80 Å². The molecule has 0 aliphatic carbocycles. The third kappa shape index (κ3) is 8.46. The Kier molecular flexibility index (Phi) is 18.0.